The van der Waals surface area contributed by atoms with Crippen LogP contribution in [0.4, 0.5) is 0 Å². The molecule has 4 rings (SSSR count). The van der Waals surface area contributed by atoms with Crippen molar-refractivity contribution in [2.24, 2.45) is 11.3 Å². The van der Waals surface area contributed by atoms with Crippen LogP contribution < -0.4 is 14.8 Å². The Morgan fingerprint density at radius 2 is 1.74 bits per heavy atom. The number of hydrogen-bond donors (Lipinski definition) is 2. The quantitative estimate of drug-likeness (QED) is 0.540. The molecule has 0 radical (unpaired) electrons. The molecule has 2 atom stereocenters. The molecule has 7 heteroatoms. The van der Waals surface area contributed by atoms with E-state index in [1.54, 1.807) is 42.5 Å². The Morgan fingerprint density at radius 1 is 1.06 bits per heavy atom. The number of aliphatic carboxylic acids is 1. The van der Waals surface area contributed by atoms with Gasteiger partial charge in [-0.25, -0.2) is 0 Å². The van der Waals surface area contributed by atoms with Gasteiger partial charge in [0.1, 0.15) is 11.5 Å². The molecule has 0 spiro atoms. The van der Waals surface area contributed by atoms with E-state index in [1.165, 1.54) is 0 Å². The molecule has 2 aromatic rings. The number of ether oxygens (including phenoxy) is 2. The molecular weight excluding hydrogens is 454 g/mol. The van der Waals surface area contributed by atoms with Gasteiger partial charge in [0.05, 0.1) is 5.92 Å². The van der Waals surface area contributed by atoms with Gasteiger partial charge in [-0.2, -0.15) is 0 Å². The Bertz CT molecular complexity index is 1040. The number of fused-ring (bicyclic) bond motifs is 1. The molecule has 1 saturated carbocycles. The van der Waals surface area contributed by atoms with Gasteiger partial charge in [0.15, 0.2) is 0 Å². The number of carbonyl (C=O) groups excluding carboxylic acids is 1. The Hall–Kier alpha value is -2.73. The molecule has 0 saturated heterocycles. The summed E-state index contributed by atoms with van der Waals surface area (Å²) in [4.78, 5) is 24.5. The van der Waals surface area contributed by atoms with Gasteiger partial charge in [0.2, 0.25) is 6.29 Å². The predicted octanol–water partition coefficient (Wildman–Crippen LogP) is 6.03. The number of rotatable bonds is 5. The molecular formula is C27H32ClNO5. The summed E-state index contributed by atoms with van der Waals surface area (Å²) in [7, 11) is 0. The Morgan fingerprint density at radius 3 is 2.35 bits per heavy atom. The van der Waals surface area contributed by atoms with Crippen molar-refractivity contribution in [1.82, 2.24) is 5.32 Å². The number of halogens is 1. The fourth-order valence-electron chi connectivity index (χ4n) is 4.92. The summed E-state index contributed by atoms with van der Waals surface area (Å²) in [5.41, 5.74) is 1.42. The van der Waals surface area contributed by atoms with Crippen LogP contribution in [0.3, 0.4) is 0 Å². The van der Waals surface area contributed by atoms with Gasteiger partial charge in [-0.05, 0) is 79.5 Å². The highest BCUT2D eigenvalue weighted by Crippen LogP contribution is 2.39. The highest BCUT2D eigenvalue weighted by atomic mass is 35.5. The molecule has 0 aromatic heterocycles. The predicted molar refractivity (Wildman–Crippen MR) is 131 cm³/mol. The van der Waals surface area contributed by atoms with Crippen molar-refractivity contribution in [3.63, 3.8) is 0 Å². The molecule has 6 nitrogen and oxygen atoms in total. The number of hydrogen-bond acceptors (Lipinski definition) is 4. The van der Waals surface area contributed by atoms with Crippen LogP contribution in [0.1, 0.15) is 74.7 Å². The summed E-state index contributed by atoms with van der Waals surface area (Å²) in [6, 6.07) is 12.0. The van der Waals surface area contributed by atoms with Gasteiger partial charge < -0.3 is 19.9 Å². The highest BCUT2D eigenvalue weighted by molar-refractivity contribution is 6.30. The summed E-state index contributed by atoms with van der Waals surface area (Å²) >= 11 is 6.03. The third-order valence-corrected chi connectivity index (χ3v) is 7.24. The zero-order valence-electron chi connectivity index (χ0n) is 19.8. The van der Waals surface area contributed by atoms with Crippen molar-refractivity contribution in [3.05, 3.63) is 58.6 Å². The van der Waals surface area contributed by atoms with Crippen molar-refractivity contribution in [1.29, 1.82) is 0 Å². The van der Waals surface area contributed by atoms with Crippen LogP contribution in [-0.2, 0) is 4.79 Å². The lowest BCUT2D eigenvalue weighted by Crippen LogP contribution is -2.39. The fourth-order valence-corrected chi connectivity index (χ4v) is 5.10. The summed E-state index contributed by atoms with van der Waals surface area (Å²) < 4.78 is 11.8. The van der Waals surface area contributed by atoms with E-state index in [2.05, 4.69) is 26.1 Å². The number of benzene rings is 2. The van der Waals surface area contributed by atoms with Crippen LogP contribution in [0.5, 0.6) is 11.5 Å². The number of carboxylic acid groups (broad SMARTS) is 1. The first-order chi connectivity index (χ1) is 16.1. The van der Waals surface area contributed by atoms with Crippen LogP contribution in [0, 0.1) is 11.3 Å². The van der Waals surface area contributed by atoms with Crippen molar-refractivity contribution in [3.8, 4) is 11.5 Å². The maximum absolute atomic E-state index is 12.7. The zero-order valence-corrected chi connectivity index (χ0v) is 20.6. The Kier molecular flexibility index (Phi) is 7.08. The first kappa shape index (κ1) is 24.4. The van der Waals surface area contributed by atoms with Crippen LogP contribution in [-0.4, -0.2) is 29.3 Å². The van der Waals surface area contributed by atoms with Gasteiger partial charge >= 0.3 is 5.97 Å². The minimum atomic E-state index is -0.955. The molecule has 1 aliphatic heterocycles. The van der Waals surface area contributed by atoms with Crippen molar-refractivity contribution < 1.29 is 24.2 Å². The normalized spacial score (nSPS) is 24.5. The van der Waals surface area contributed by atoms with Crippen molar-refractivity contribution >= 4 is 23.5 Å². The first-order valence-corrected chi connectivity index (χ1v) is 12.2. The van der Waals surface area contributed by atoms with E-state index in [0.29, 0.717) is 39.0 Å². The SMILES string of the molecule is CC(C)(C)C1CCC(NC(=O)c2ccc(OC3CC(C(=O)O)c4cc(Cl)ccc4O3)cc2)CC1. The largest absolute Gasteiger partial charge is 0.481 e. The van der Waals surface area contributed by atoms with Crippen molar-refractivity contribution in [2.75, 3.05) is 0 Å². The van der Waals surface area contributed by atoms with E-state index >= 15 is 0 Å². The molecule has 182 valence electrons. The van der Waals surface area contributed by atoms with E-state index in [0.717, 1.165) is 25.7 Å². The number of nitrogens with one attached hydrogen (secondary N) is 1. The van der Waals surface area contributed by atoms with E-state index in [9.17, 15) is 14.7 Å². The summed E-state index contributed by atoms with van der Waals surface area (Å²) in [5.74, 6) is -0.158. The molecule has 34 heavy (non-hydrogen) atoms. The molecule has 1 fully saturated rings. The molecule has 0 bridgehead atoms. The Labute approximate surface area is 205 Å². The summed E-state index contributed by atoms with van der Waals surface area (Å²) in [5, 5.41) is 13.3. The fraction of sp³-hybridized carbons (Fsp3) is 0.481. The monoisotopic (exact) mass is 485 g/mol. The van der Waals surface area contributed by atoms with Gasteiger partial charge in [-0.3, -0.25) is 9.59 Å². The second-order valence-corrected chi connectivity index (χ2v) is 10.8. The first-order valence-electron chi connectivity index (χ1n) is 11.9. The molecule has 1 heterocycles. The van der Waals surface area contributed by atoms with E-state index in [4.69, 9.17) is 21.1 Å². The second-order valence-electron chi connectivity index (χ2n) is 10.4. The molecule has 2 N–H and O–H groups in total. The number of carboxylic acids is 1. The molecule has 2 unspecified atom stereocenters. The maximum atomic E-state index is 12.7. The molecule has 2 aliphatic rings. The Balaban J connectivity index is 1.34. The third-order valence-electron chi connectivity index (χ3n) is 7.00. The van der Waals surface area contributed by atoms with Gasteiger partial charge in [-0.1, -0.05) is 32.4 Å². The molecule has 1 aliphatic carbocycles. The standard InChI is InChI=1S/C27H32ClNO5/c1-27(2,3)17-6-9-19(10-7-17)29-25(30)16-4-11-20(12-5-16)33-24-15-22(26(31)32)21-14-18(28)8-13-23(21)34-24/h4-5,8,11-14,17,19,22,24H,6-7,9-10,15H2,1-3H3,(H,29,30)(H,31,32). The topological polar surface area (TPSA) is 84.9 Å². The van der Waals surface area contributed by atoms with E-state index in [1.807, 2.05) is 0 Å². The lowest BCUT2D eigenvalue weighted by atomic mass is 9.71. The maximum Gasteiger partial charge on any atom is 0.311 e. The molecule has 1 amide bonds. The van der Waals surface area contributed by atoms with Gasteiger partial charge in [-0.15, -0.1) is 0 Å². The van der Waals surface area contributed by atoms with Crippen LogP contribution >= 0.6 is 11.6 Å². The highest BCUT2D eigenvalue weighted by Gasteiger charge is 2.34. The summed E-state index contributed by atoms with van der Waals surface area (Å²) in [6.45, 7) is 6.86. The van der Waals surface area contributed by atoms with E-state index < -0.39 is 18.2 Å². The number of carbonyl (C=O) groups is 2. The van der Waals surface area contributed by atoms with Crippen LogP contribution in [0.25, 0.3) is 0 Å². The average Bonchev–Trinajstić information content (AvgIpc) is 2.79. The van der Waals surface area contributed by atoms with Gasteiger partial charge in [0, 0.05) is 28.6 Å². The van der Waals surface area contributed by atoms with Crippen LogP contribution in [0.15, 0.2) is 42.5 Å². The summed E-state index contributed by atoms with van der Waals surface area (Å²) in [6.07, 6.45) is 3.68. The smallest absolute Gasteiger partial charge is 0.311 e. The van der Waals surface area contributed by atoms with Gasteiger partial charge in [0.25, 0.3) is 5.91 Å². The van der Waals surface area contributed by atoms with Crippen LogP contribution in [0.2, 0.25) is 5.02 Å². The number of amides is 1. The minimum absolute atomic E-state index is 0.0866. The zero-order chi connectivity index (χ0) is 24.5. The minimum Gasteiger partial charge on any atom is -0.481 e. The van der Waals surface area contributed by atoms with E-state index in [-0.39, 0.29) is 18.4 Å². The average molecular weight is 486 g/mol. The second kappa shape index (κ2) is 9.87. The lowest BCUT2D eigenvalue weighted by Gasteiger charge is -2.37. The third kappa shape index (κ3) is 5.66. The molecule has 2 aromatic carbocycles. The van der Waals surface area contributed by atoms with Crippen molar-refractivity contribution in [2.45, 2.75) is 71.1 Å². The lowest BCUT2D eigenvalue weighted by molar-refractivity contribution is -0.141.